The Kier molecular flexibility index (Phi) is 12.0. The van der Waals surface area contributed by atoms with Crippen LogP contribution in [0.15, 0.2) is 84.9 Å². The van der Waals surface area contributed by atoms with Crippen LogP contribution in [-0.4, -0.2) is 48.5 Å². The predicted octanol–water partition coefficient (Wildman–Crippen LogP) is 9.21. The minimum Gasteiger partial charge on any atom is -0.461 e. The Hall–Kier alpha value is -4.53. The van der Waals surface area contributed by atoms with Crippen LogP contribution in [0.1, 0.15) is 30.5 Å². The first-order chi connectivity index (χ1) is 23.2. The van der Waals surface area contributed by atoms with Gasteiger partial charge in [0.15, 0.2) is 0 Å². The molecular formula is C38H40Cl2N4O4. The monoisotopic (exact) mass is 686 g/mol. The van der Waals surface area contributed by atoms with E-state index in [1.165, 1.54) is 0 Å². The van der Waals surface area contributed by atoms with Gasteiger partial charge in [0.2, 0.25) is 0 Å². The Bertz CT molecular complexity index is 1880. The number of aryl methyl sites for hydroxylation is 1. The average molecular weight is 688 g/mol. The Morgan fingerprint density at radius 3 is 2.27 bits per heavy atom. The summed E-state index contributed by atoms with van der Waals surface area (Å²) in [6, 6.07) is 27.3. The number of hydrogen-bond acceptors (Lipinski definition) is 7. The summed E-state index contributed by atoms with van der Waals surface area (Å²) in [6.07, 6.45) is -0.442. The van der Waals surface area contributed by atoms with E-state index in [1.54, 1.807) is 6.07 Å². The van der Waals surface area contributed by atoms with Crippen LogP contribution in [-0.2, 0) is 27.3 Å². The zero-order chi connectivity index (χ0) is 34.0. The van der Waals surface area contributed by atoms with Crippen LogP contribution in [0, 0.1) is 12.8 Å². The van der Waals surface area contributed by atoms with Gasteiger partial charge in [0.25, 0.3) is 0 Å². The van der Waals surface area contributed by atoms with Crippen molar-refractivity contribution in [1.82, 2.24) is 4.98 Å². The van der Waals surface area contributed by atoms with E-state index in [-0.39, 0.29) is 24.9 Å². The Balaban J connectivity index is 1.38. The third-order valence-electron chi connectivity index (χ3n) is 7.73. The van der Waals surface area contributed by atoms with Crippen LogP contribution >= 0.6 is 23.2 Å². The van der Waals surface area contributed by atoms with Crippen molar-refractivity contribution in [3.05, 3.63) is 102 Å². The Labute approximate surface area is 291 Å². The number of alkyl halides is 2. The zero-order valence-corrected chi connectivity index (χ0v) is 28.9. The van der Waals surface area contributed by atoms with Crippen LogP contribution in [0.25, 0.3) is 21.8 Å². The summed E-state index contributed by atoms with van der Waals surface area (Å²) in [4.78, 5) is 32.6. The minimum absolute atomic E-state index is 0.0122. The molecule has 250 valence electrons. The number of aromatic nitrogens is 1. The molecule has 0 spiro atoms. The summed E-state index contributed by atoms with van der Waals surface area (Å²) in [5.41, 5.74) is 7.45. The molecule has 0 aliphatic heterocycles. The molecule has 4 aromatic carbocycles. The lowest BCUT2D eigenvalue weighted by molar-refractivity contribution is -0.144. The van der Waals surface area contributed by atoms with Gasteiger partial charge in [0.05, 0.1) is 29.7 Å². The van der Waals surface area contributed by atoms with Crippen molar-refractivity contribution in [2.45, 2.75) is 33.8 Å². The van der Waals surface area contributed by atoms with Gasteiger partial charge in [-0.3, -0.25) is 10.1 Å². The van der Waals surface area contributed by atoms with Gasteiger partial charge >= 0.3 is 12.1 Å². The standard InChI is InChI=1S/C38H40Cl2N4O4/c1-25(2)23-48-38(46)42-30-20-28(24-47-35(45)21-27-11-13-31(14-12-27)44(17-15-39)18-16-40)19-29(22-30)41-37-32-8-4-5-10-34(32)43-36-26(3)7-6-9-33(36)37/h4-14,19-20,22,25H,15-18,21,23-24H2,1-3H3,(H,41,43)(H,42,46). The number of carbonyl (C=O) groups is 2. The number of fused-ring (bicyclic) bond motifs is 2. The average Bonchev–Trinajstić information content (AvgIpc) is 3.07. The van der Waals surface area contributed by atoms with E-state index < -0.39 is 6.09 Å². The van der Waals surface area contributed by atoms with E-state index >= 15 is 0 Å². The van der Waals surface area contributed by atoms with Crippen LogP contribution < -0.4 is 15.5 Å². The molecule has 1 aromatic heterocycles. The number of carbonyl (C=O) groups excluding carboxylic acids is 2. The molecule has 0 saturated heterocycles. The first kappa shape index (κ1) is 34.8. The molecule has 10 heteroatoms. The molecule has 2 N–H and O–H groups in total. The third-order valence-corrected chi connectivity index (χ3v) is 8.07. The van der Waals surface area contributed by atoms with E-state index in [0.29, 0.717) is 48.4 Å². The molecule has 48 heavy (non-hydrogen) atoms. The molecule has 5 aromatic rings. The van der Waals surface area contributed by atoms with Gasteiger partial charge in [-0.2, -0.15) is 0 Å². The molecule has 0 aliphatic rings. The highest BCUT2D eigenvalue weighted by molar-refractivity contribution is 6.18. The van der Waals surface area contributed by atoms with Crippen molar-refractivity contribution in [1.29, 1.82) is 0 Å². The Morgan fingerprint density at radius 1 is 0.833 bits per heavy atom. The second-order valence-corrected chi connectivity index (χ2v) is 12.8. The van der Waals surface area contributed by atoms with E-state index in [4.69, 9.17) is 37.7 Å². The number of benzene rings is 4. The summed E-state index contributed by atoms with van der Waals surface area (Å²) >= 11 is 11.9. The van der Waals surface area contributed by atoms with Gasteiger partial charge in [-0.05, 0) is 65.9 Å². The van der Waals surface area contributed by atoms with Crippen molar-refractivity contribution >= 4 is 79.8 Å². The SMILES string of the molecule is Cc1cccc2c(Nc3cc(COC(=O)Cc4ccc(N(CCCl)CCCl)cc4)cc(NC(=O)OCC(C)C)c3)c3ccccc3nc12. The summed E-state index contributed by atoms with van der Waals surface area (Å²) in [5, 5.41) is 8.35. The van der Waals surface area contributed by atoms with E-state index in [9.17, 15) is 9.59 Å². The lowest BCUT2D eigenvalue weighted by Gasteiger charge is -2.23. The van der Waals surface area contributed by atoms with Gasteiger partial charge in [0.1, 0.15) is 6.61 Å². The first-order valence-electron chi connectivity index (χ1n) is 16.0. The largest absolute Gasteiger partial charge is 0.461 e. The highest BCUT2D eigenvalue weighted by atomic mass is 35.5. The summed E-state index contributed by atoms with van der Waals surface area (Å²) in [7, 11) is 0. The maximum atomic E-state index is 12.9. The van der Waals surface area contributed by atoms with Gasteiger partial charge in [-0.25, -0.2) is 9.78 Å². The Morgan fingerprint density at radius 2 is 1.54 bits per heavy atom. The predicted molar refractivity (Wildman–Crippen MR) is 197 cm³/mol. The number of hydrogen-bond donors (Lipinski definition) is 2. The number of esters is 1. The number of amides is 1. The van der Waals surface area contributed by atoms with Crippen molar-refractivity contribution in [3.63, 3.8) is 0 Å². The first-order valence-corrected chi connectivity index (χ1v) is 17.0. The van der Waals surface area contributed by atoms with Crippen molar-refractivity contribution in [2.75, 3.05) is 47.0 Å². The molecule has 0 unspecified atom stereocenters. The second-order valence-electron chi connectivity index (χ2n) is 12.0. The van der Waals surface area contributed by atoms with E-state index in [2.05, 4.69) is 15.5 Å². The van der Waals surface area contributed by atoms with E-state index in [0.717, 1.165) is 44.3 Å². The minimum atomic E-state index is -0.557. The summed E-state index contributed by atoms with van der Waals surface area (Å²) in [6.45, 7) is 7.66. The summed E-state index contributed by atoms with van der Waals surface area (Å²) in [5.74, 6) is 0.815. The maximum Gasteiger partial charge on any atom is 0.411 e. The molecule has 0 radical (unpaired) electrons. The molecule has 0 aliphatic carbocycles. The number of halogens is 2. The highest BCUT2D eigenvalue weighted by Crippen LogP contribution is 2.35. The van der Waals surface area contributed by atoms with Gasteiger partial charge in [0, 0.05) is 52.7 Å². The normalized spacial score (nSPS) is 11.1. The maximum absolute atomic E-state index is 12.9. The van der Waals surface area contributed by atoms with Crippen LogP contribution in [0.2, 0.25) is 0 Å². The lowest BCUT2D eigenvalue weighted by Crippen LogP contribution is -2.27. The second kappa shape index (κ2) is 16.5. The smallest absolute Gasteiger partial charge is 0.411 e. The van der Waals surface area contributed by atoms with Crippen molar-refractivity contribution in [3.8, 4) is 0 Å². The van der Waals surface area contributed by atoms with Crippen molar-refractivity contribution in [2.24, 2.45) is 5.92 Å². The fraction of sp³-hybridized carbons (Fsp3) is 0.289. The zero-order valence-electron chi connectivity index (χ0n) is 27.4. The van der Waals surface area contributed by atoms with Crippen molar-refractivity contribution < 1.29 is 19.1 Å². The quantitative estimate of drug-likeness (QED) is 0.0683. The molecule has 1 amide bonds. The molecule has 0 atom stereocenters. The number of anilines is 4. The lowest BCUT2D eigenvalue weighted by atomic mass is 10.0. The van der Waals surface area contributed by atoms with Gasteiger partial charge in [-0.15, -0.1) is 23.2 Å². The van der Waals surface area contributed by atoms with E-state index in [1.807, 2.05) is 99.6 Å². The number of rotatable bonds is 14. The molecule has 1 heterocycles. The number of nitrogens with one attached hydrogen (secondary N) is 2. The number of ether oxygens (including phenoxy) is 2. The molecule has 8 nitrogen and oxygen atoms in total. The number of para-hydroxylation sites is 2. The van der Waals surface area contributed by atoms with Crippen LogP contribution in [0.3, 0.4) is 0 Å². The summed E-state index contributed by atoms with van der Waals surface area (Å²) < 4.78 is 11.1. The molecule has 0 bridgehead atoms. The highest BCUT2D eigenvalue weighted by Gasteiger charge is 2.14. The topological polar surface area (TPSA) is 92.8 Å². The molecular weight excluding hydrogens is 647 g/mol. The van der Waals surface area contributed by atoms with Crippen LogP contribution in [0.4, 0.5) is 27.5 Å². The van der Waals surface area contributed by atoms with Gasteiger partial charge in [-0.1, -0.05) is 62.4 Å². The molecule has 0 saturated carbocycles. The third kappa shape index (κ3) is 9.08. The number of pyridine rings is 1. The molecule has 0 fully saturated rings. The van der Waals surface area contributed by atoms with Gasteiger partial charge < -0.3 is 19.7 Å². The number of nitrogens with zero attached hydrogens (tertiary/aromatic N) is 2. The fourth-order valence-electron chi connectivity index (χ4n) is 5.43. The molecule has 5 rings (SSSR count). The van der Waals surface area contributed by atoms with Crippen LogP contribution in [0.5, 0.6) is 0 Å². The fourth-order valence-corrected chi connectivity index (χ4v) is 5.84.